The molecular weight excluding hydrogens is 1160 g/mol. The summed E-state index contributed by atoms with van der Waals surface area (Å²) in [7, 11) is 3.32. The van der Waals surface area contributed by atoms with E-state index in [0.29, 0.717) is 34.7 Å². The van der Waals surface area contributed by atoms with Crippen LogP contribution in [0.15, 0.2) is 84.1 Å². The zero-order valence-corrected chi connectivity index (χ0v) is 46.5. The van der Waals surface area contributed by atoms with Crippen LogP contribution in [0.25, 0.3) is 17.0 Å². The second kappa shape index (κ2) is 30.9. The Kier molecular flexibility index (Phi) is 27.0. The van der Waals surface area contributed by atoms with Crippen LogP contribution in [-0.4, -0.2) is 71.4 Å². The Balaban J connectivity index is 0.000000370. The fourth-order valence-electron chi connectivity index (χ4n) is 5.85. The van der Waals surface area contributed by atoms with Gasteiger partial charge in [0.2, 0.25) is 23.3 Å². The van der Waals surface area contributed by atoms with Gasteiger partial charge in [-0.05, 0) is 34.0 Å². The lowest BCUT2D eigenvalue weighted by Gasteiger charge is -2.24. The lowest BCUT2D eigenvalue weighted by molar-refractivity contribution is 0.140. The highest BCUT2D eigenvalue weighted by Crippen LogP contribution is 2.33. The van der Waals surface area contributed by atoms with Crippen molar-refractivity contribution >= 4 is 108 Å². The minimum absolute atomic E-state index is 0.350. The lowest BCUT2D eigenvalue weighted by atomic mass is 10.1. The molecule has 0 aliphatic carbocycles. The van der Waals surface area contributed by atoms with Crippen molar-refractivity contribution in [1.29, 1.82) is 15.8 Å². The number of hydrogen-bond donors (Lipinski definition) is 1. The van der Waals surface area contributed by atoms with Gasteiger partial charge in [0.25, 0.3) is 5.70 Å². The molecule has 398 valence electrons. The van der Waals surface area contributed by atoms with Crippen LogP contribution in [0, 0.1) is 87.1 Å². The molecule has 0 heterocycles. The van der Waals surface area contributed by atoms with Crippen molar-refractivity contribution in [3.05, 3.63) is 170 Å². The Labute approximate surface area is 453 Å². The molecule has 12 nitrogen and oxygen atoms in total. The molecule has 28 heteroatoms. The van der Waals surface area contributed by atoms with Crippen LogP contribution in [0.3, 0.4) is 0 Å². The van der Waals surface area contributed by atoms with Crippen molar-refractivity contribution in [3.63, 3.8) is 0 Å². The van der Waals surface area contributed by atoms with Crippen LogP contribution in [0.2, 0.25) is 0 Å². The molecule has 0 spiro atoms. The number of phenolic OH excluding ortho intramolecular Hbond substituents is 1. The Morgan fingerprint density at radius 3 is 1.17 bits per heavy atom. The third-order valence-electron chi connectivity index (χ3n) is 9.78. The summed E-state index contributed by atoms with van der Waals surface area (Å²) in [6.07, 6.45) is 0.764. The zero-order chi connectivity index (χ0) is 56.8. The van der Waals surface area contributed by atoms with Crippen molar-refractivity contribution in [1.82, 2.24) is 0 Å². The van der Waals surface area contributed by atoms with Gasteiger partial charge in [0.1, 0.15) is 24.3 Å². The number of rotatable bonds is 16. The molecule has 0 atom stereocenters. The van der Waals surface area contributed by atoms with E-state index in [1.165, 1.54) is 39.5 Å². The third kappa shape index (κ3) is 17.0. The van der Waals surface area contributed by atoms with Crippen LogP contribution in [-0.2, 0) is 44.9 Å². The summed E-state index contributed by atoms with van der Waals surface area (Å²) < 4.78 is 146. The van der Waals surface area contributed by atoms with Gasteiger partial charge in [0.15, 0.2) is 34.8 Å². The summed E-state index contributed by atoms with van der Waals surface area (Å²) in [6, 6.07) is 22.7. The van der Waals surface area contributed by atoms with Crippen molar-refractivity contribution in [2.75, 3.05) is 42.7 Å². The summed E-state index contributed by atoms with van der Waals surface area (Å²) in [5.74, 6) is -17.0. The van der Waals surface area contributed by atoms with Crippen molar-refractivity contribution in [2.45, 2.75) is 18.4 Å². The second-order valence-corrected chi connectivity index (χ2v) is 28.8. The molecule has 0 aliphatic rings. The van der Waals surface area contributed by atoms with Crippen molar-refractivity contribution in [3.8, 4) is 29.7 Å². The van der Waals surface area contributed by atoms with Crippen LogP contribution >= 0.6 is 56.4 Å². The molecule has 5 rings (SSSR count). The maximum absolute atomic E-state index is 14.3. The van der Waals surface area contributed by atoms with Gasteiger partial charge in [-0.15, -0.1) is 56.4 Å². The van der Waals surface area contributed by atoms with Gasteiger partial charge >= 0.3 is 23.6 Å². The minimum Gasteiger partial charge on any atom is -0.503 e. The van der Waals surface area contributed by atoms with Crippen LogP contribution in [0.4, 0.5) is 35.1 Å². The molecule has 0 aliphatic heterocycles. The van der Waals surface area contributed by atoms with Gasteiger partial charge in [-0.3, -0.25) is 0 Å². The molecule has 75 heavy (non-hydrogen) atoms. The van der Waals surface area contributed by atoms with Gasteiger partial charge in [-0.2, -0.15) is 28.1 Å². The van der Waals surface area contributed by atoms with Gasteiger partial charge in [0, 0.05) is 70.4 Å². The number of nitrogens with zero attached hydrogens (tertiary/aromatic N) is 4. The molecule has 5 aromatic carbocycles. The molecule has 0 saturated carbocycles. The van der Waals surface area contributed by atoms with Crippen molar-refractivity contribution in [2.24, 2.45) is 0 Å². The minimum atomic E-state index is -3.07. The highest BCUT2D eigenvalue weighted by atomic mass is 35.8. The Morgan fingerprint density at radius 1 is 0.533 bits per heavy atom. The van der Waals surface area contributed by atoms with Gasteiger partial charge < -0.3 is 36.4 Å². The Morgan fingerprint density at radius 2 is 0.867 bits per heavy atom. The first-order valence-electron chi connectivity index (χ1n) is 20.3. The SMILES string of the molecule is CO[Si](OC)(OC)c1ccc(CCl)cc1.CO[Si](OC)(OC)c1ccc(COc2c(F)c(F)c(C=C(C#N)C#N)c(F)c2F)cc1.ClCc1ccc([Si](Cl)(Cl)Cl)cc1.[C-]#[N+]/C(C#N)=C/c1c(F)c(F)c(O)c(F)c1F. The number of hydrogen-bond acceptors (Lipinski definition) is 11. The fourth-order valence-corrected chi connectivity index (χ4v) is 11.5. The van der Waals surface area contributed by atoms with Gasteiger partial charge in [-0.1, -0.05) is 72.8 Å². The average Bonchev–Trinajstić information content (AvgIpc) is 3.43. The summed E-state index contributed by atoms with van der Waals surface area (Å²) >= 11 is 28.7. The second-order valence-electron chi connectivity index (χ2n) is 14.0. The first kappa shape index (κ1) is 65.6. The number of allylic oxidation sites excluding steroid dienone is 2. The molecule has 0 fully saturated rings. The van der Waals surface area contributed by atoms with Crippen LogP contribution in [0.1, 0.15) is 27.8 Å². The Hall–Kier alpha value is -5.56. The molecule has 0 radical (unpaired) electrons. The quantitative estimate of drug-likeness (QED) is 0.0190. The van der Waals surface area contributed by atoms with E-state index in [-0.39, 0.29) is 0 Å². The number of benzene rings is 5. The van der Waals surface area contributed by atoms with E-state index in [1.54, 1.807) is 45.6 Å². The topological polar surface area (TPSA) is 161 Å². The molecule has 0 saturated heterocycles. The first-order chi connectivity index (χ1) is 35.5. The van der Waals surface area contributed by atoms with E-state index >= 15 is 0 Å². The number of ether oxygens (including phenoxy) is 1. The van der Waals surface area contributed by atoms with E-state index < -0.39 is 111 Å². The third-order valence-corrected chi connectivity index (χ3v) is 18.7. The monoisotopic (exact) mass is 1200 g/mol. The number of halogens is 13. The molecule has 0 amide bonds. The summed E-state index contributed by atoms with van der Waals surface area (Å²) in [5.41, 5.74) is -1.39. The molecule has 0 aromatic heterocycles. The van der Waals surface area contributed by atoms with E-state index in [0.717, 1.165) is 21.5 Å². The molecule has 1 N–H and O–H groups in total. The molecule has 0 bridgehead atoms. The lowest BCUT2D eigenvalue weighted by Crippen LogP contribution is -2.54. The standard InChI is InChI=1S/C20H16F4N2O4Si.C10H15ClO3Si.C10H2F4N2O.C7H6Cl4Si/c1-27-31(28-2,29-3)14-6-4-12(5-7-14)11-30-20-18(23)16(21)15(17(22)19(20)24)8-13(9-25)10-26;1-12-15(13-2,14-3)10-6-4-9(8-11)5-7-10;1-16-4(3-15)2-5-6(11)8(13)10(17)9(14)7(5)12;8-5-6-1-3-7(4-2-6)12(9,10)11/h4-8H,11H2,1-3H3;4-7H,8H2,1-3H3;2,17H;1-4H,5H2/b;;4-2+;. The van der Waals surface area contributed by atoms with Crippen LogP contribution in [0.5, 0.6) is 11.5 Å². The van der Waals surface area contributed by atoms with E-state index in [1.807, 2.05) is 48.5 Å². The molecule has 5 aromatic rings. The summed E-state index contributed by atoms with van der Waals surface area (Å²) in [5, 5.41) is 36.7. The van der Waals surface area contributed by atoms with Gasteiger partial charge in [-0.25, -0.2) is 27.7 Å². The normalized spacial score (nSPS) is 11.2. The highest BCUT2D eigenvalue weighted by Gasteiger charge is 2.41. The van der Waals surface area contributed by atoms with Gasteiger partial charge in [0.05, 0.1) is 18.2 Å². The first-order valence-corrected chi connectivity index (χ1v) is 29.9. The van der Waals surface area contributed by atoms with E-state index in [2.05, 4.69) is 4.85 Å². The maximum Gasteiger partial charge on any atom is 0.536 e. The zero-order valence-electron chi connectivity index (χ0n) is 39.7. The van der Waals surface area contributed by atoms with E-state index in [4.69, 9.17) is 115 Å². The fraction of sp³-hybridized carbons (Fsp3) is 0.191. The van der Waals surface area contributed by atoms with E-state index in [9.17, 15) is 35.1 Å². The number of phenols is 1. The largest absolute Gasteiger partial charge is 0.536 e. The summed E-state index contributed by atoms with van der Waals surface area (Å²) in [6.45, 7) is 6.04. The Bertz CT molecular complexity index is 2880. The molecular formula is C47H39Cl5F8N4O8Si3. The maximum atomic E-state index is 14.3. The van der Waals surface area contributed by atoms with Crippen LogP contribution < -0.4 is 20.3 Å². The number of nitriles is 3. The highest BCUT2D eigenvalue weighted by molar-refractivity contribution is 7.69. The average molecular weight is 1200 g/mol. The predicted octanol–water partition coefficient (Wildman–Crippen LogP) is 10.9. The predicted molar refractivity (Wildman–Crippen MR) is 272 cm³/mol. The molecule has 0 unspecified atom stereocenters. The number of alkyl halides is 2. The van der Waals surface area contributed by atoms with Crippen molar-refractivity contribution < 1.29 is 71.5 Å². The smallest absolute Gasteiger partial charge is 0.503 e. The number of aromatic hydroxyl groups is 1. The summed E-state index contributed by atoms with van der Waals surface area (Å²) in [4.78, 5) is 2.58.